The van der Waals surface area contributed by atoms with Gasteiger partial charge in [0.15, 0.2) is 0 Å². The van der Waals surface area contributed by atoms with Crippen LogP contribution in [-0.2, 0) is 0 Å². The van der Waals surface area contributed by atoms with Gasteiger partial charge >= 0.3 is 0 Å². The maximum atomic E-state index is 12.4. The Morgan fingerprint density at radius 2 is 1.86 bits per heavy atom. The van der Waals surface area contributed by atoms with Gasteiger partial charge in [0.05, 0.1) is 10.3 Å². The van der Waals surface area contributed by atoms with Crippen LogP contribution in [0.3, 0.4) is 0 Å². The largest absolute Gasteiger partial charge is 0.356 e. The monoisotopic (exact) mass is 318 g/mol. The van der Waals surface area contributed by atoms with Crippen molar-refractivity contribution in [3.05, 3.63) is 16.8 Å². The molecule has 0 N–H and O–H groups in total. The molecular weight excluding hydrogens is 296 g/mol. The number of fused-ring (bicyclic) bond motifs is 1. The molecule has 2 aromatic rings. The number of carbonyl (C=O) groups excluding carboxylic acids is 1. The number of hydrogen-bond acceptors (Lipinski definition) is 5. The van der Waals surface area contributed by atoms with Crippen LogP contribution in [0.15, 0.2) is 6.33 Å². The fourth-order valence-electron chi connectivity index (χ4n) is 2.98. The first-order valence-corrected chi connectivity index (χ1v) is 8.62. The molecule has 0 spiro atoms. The van der Waals surface area contributed by atoms with Crippen molar-refractivity contribution in [2.75, 3.05) is 32.1 Å². The van der Waals surface area contributed by atoms with Crippen molar-refractivity contribution in [1.29, 1.82) is 0 Å². The number of rotatable bonds is 2. The van der Waals surface area contributed by atoms with E-state index in [2.05, 4.69) is 14.9 Å². The minimum absolute atomic E-state index is 0.0438. The molecule has 5 nitrogen and oxygen atoms in total. The third-order valence-electron chi connectivity index (χ3n) is 4.21. The summed E-state index contributed by atoms with van der Waals surface area (Å²) >= 11 is 1.47. The Labute approximate surface area is 135 Å². The lowest BCUT2D eigenvalue weighted by Crippen LogP contribution is -2.25. The minimum atomic E-state index is 0.0438. The van der Waals surface area contributed by atoms with E-state index in [9.17, 15) is 4.79 Å². The molecule has 2 aromatic heterocycles. The molecule has 3 heterocycles. The molecular formula is C16H22N4OS. The third-order valence-corrected chi connectivity index (χ3v) is 5.40. The molecule has 0 aromatic carbocycles. The van der Waals surface area contributed by atoms with E-state index in [0.29, 0.717) is 0 Å². The normalized spacial score (nSPS) is 15.9. The summed E-state index contributed by atoms with van der Waals surface area (Å²) in [6.45, 7) is 4.09. The lowest BCUT2D eigenvalue weighted by atomic mass is 10.2. The lowest BCUT2D eigenvalue weighted by molar-refractivity contribution is 0.0831. The van der Waals surface area contributed by atoms with Crippen molar-refractivity contribution in [1.82, 2.24) is 14.9 Å². The zero-order chi connectivity index (χ0) is 15.7. The van der Waals surface area contributed by atoms with Gasteiger partial charge in [-0.25, -0.2) is 9.97 Å². The van der Waals surface area contributed by atoms with Gasteiger partial charge in [-0.2, -0.15) is 0 Å². The highest BCUT2D eigenvalue weighted by Crippen LogP contribution is 2.35. The van der Waals surface area contributed by atoms with Crippen molar-refractivity contribution in [2.45, 2.75) is 32.6 Å². The highest BCUT2D eigenvalue weighted by Gasteiger charge is 2.23. The summed E-state index contributed by atoms with van der Waals surface area (Å²) in [7, 11) is 3.57. The van der Waals surface area contributed by atoms with Crippen LogP contribution in [0.5, 0.6) is 0 Å². The van der Waals surface area contributed by atoms with E-state index in [1.165, 1.54) is 37.0 Å². The van der Waals surface area contributed by atoms with Gasteiger partial charge in [0.1, 0.15) is 17.0 Å². The molecule has 1 fully saturated rings. The Morgan fingerprint density at radius 3 is 2.50 bits per heavy atom. The number of nitrogens with zero attached hydrogens (tertiary/aromatic N) is 4. The molecule has 1 amide bonds. The Kier molecular flexibility index (Phi) is 4.29. The van der Waals surface area contributed by atoms with Crippen molar-refractivity contribution < 1.29 is 4.79 Å². The van der Waals surface area contributed by atoms with Crippen LogP contribution in [-0.4, -0.2) is 48.0 Å². The maximum Gasteiger partial charge on any atom is 0.263 e. The highest BCUT2D eigenvalue weighted by molar-refractivity contribution is 7.20. The smallest absolute Gasteiger partial charge is 0.263 e. The van der Waals surface area contributed by atoms with Gasteiger partial charge in [0, 0.05) is 27.2 Å². The third kappa shape index (κ3) is 2.67. The van der Waals surface area contributed by atoms with Crippen LogP contribution in [0.1, 0.15) is 40.9 Å². The van der Waals surface area contributed by atoms with E-state index >= 15 is 0 Å². The van der Waals surface area contributed by atoms with Gasteiger partial charge in [-0.15, -0.1) is 11.3 Å². The lowest BCUT2D eigenvalue weighted by Gasteiger charge is -2.22. The van der Waals surface area contributed by atoms with Gasteiger partial charge in [-0.1, -0.05) is 12.8 Å². The van der Waals surface area contributed by atoms with Crippen molar-refractivity contribution in [2.24, 2.45) is 0 Å². The van der Waals surface area contributed by atoms with Gasteiger partial charge in [0.25, 0.3) is 5.91 Å². The molecule has 0 aliphatic carbocycles. The summed E-state index contributed by atoms with van der Waals surface area (Å²) in [4.78, 5) is 27.0. The van der Waals surface area contributed by atoms with Gasteiger partial charge in [0.2, 0.25) is 0 Å². The highest BCUT2D eigenvalue weighted by atomic mass is 32.1. The molecule has 6 heteroatoms. The number of amides is 1. The molecule has 1 aliphatic rings. The summed E-state index contributed by atoms with van der Waals surface area (Å²) in [5, 5.41) is 1.06. The first-order chi connectivity index (χ1) is 10.6. The Hall–Kier alpha value is -1.69. The second-order valence-electron chi connectivity index (χ2n) is 6.03. The quantitative estimate of drug-likeness (QED) is 0.854. The molecule has 3 rings (SSSR count). The maximum absolute atomic E-state index is 12.4. The van der Waals surface area contributed by atoms with Crippen molar-refractivity contribution in [3.8, 4) is 0 Å². The summed E-state index contributed by atoms with van der Waals surface area (Å²) in [6.07, 6.45) is 6.62. The van der Waals surface area contributed by atoms with Crippen LogP contribution in [0.25, 0.3) is 10.2 Å². The average molecular weight is 318 g/mol. The zero-order valence-corrected chi connectivity index (χ0v) is 14.2. The van der Waals surface area contributed by atoms with E-state index in [-0.39, 0.29) is 5.91 Å². The SMILES string of the molecule is Cc1c(C(=O)N(C)C)sc2ncnc(N3CCCCCC3)c12. The molecule has 0 bridgehead atoms. The predicted molar refractivity (Wildman–Crippen MR) is 90.9 cm³/mol. The van der Waals surface area contributed by atoms with Crippen LogP contribution in [0, 0.1) is 6.92 Å². The molecule has 0 atom stereocenters. The van der Waals surface area contributed by atoms with E-state index in [1.54, 1.807) is 25.3 Å². The second kappa shape index (κ2) is 6.20. The molecule has 118 valence electrons. The standard InChI is InChI=1S/C16H22N4OS/c1-11-12-14(20-8-6-4-5-7-9-20)17-10-18-15(12)22-13(11)16(21)19(2)3/h10H,4-9H2,1-3H3. The molecule has 0 unspecified atom stereocenters. The summed E-state index contributed by atoms with van der Waals surface area (Å²) in [6, 6.07) is 0. The number of anilines is 1. The number of thiophene rings is 1. The van der Waals surface area contributed by atoms with E-state index < -0.39 is 0 Å². The van der Waals surface area contributed by atoms with E-state index in [0.717, 1.165) is 39.6 Å². The summed E-state index contributed by atoms with van der Waals surface area (Å²) in [5.74, 6) is 1.04. The first kappa shape index (κ1) is 15.2. The van der Waals surface area contributed by atoms with Crippen LogP contribution in [0.4, 0.5) is 5.82 Å². The number of aromatic nitrogens is 2. The van der Waals surface area contributed by atoms with Crippen molar-refractivity contribution in [3.63, 3.8) is 0 Å². The Morgan fingerprint density at radius 1 is 1.18 bits per heavy atom. The second-order valence-corrected chi connectivity index (χ2v) is 7.03. The molecule has 1 aliphatic heterocycles. The van der Waals surface area contributed by atoms with E-state index in [1.807, 2.05) is 6.92 Å². The average Bonchev–Trinajstić information content (AvgIpc) is 2.69. The van der Waals surface area contributed by atoms with Crippen LogP contribution >= 0.6 is 11.3 Å². The summed E-state index contributed by atoms with van der Waals surface area (Å²) < 4.78 is 0. The van der Waals surface area contributed by atoms with Gasteiger partial charge < -0.3 is 9.80 Å². The molecule has 0 saturated carbocycles. The Balaban J connectivity index is 2.09. The van der Waals surface area contributed by atoms with Crippen LogP contribution in [0.2, 0.25) is 0 Å². The number of carbonyl (C=O) groups is 1. The van der Waals surface area contributed by atoms with Crippen molar-refractivity contribution >= 4 is 33.3 Å². The fourth-order valence-corrected chi connectivity index (χ4v) is 4.15. The number of hydrogen-bond donors (Lipinski definition) is 0. The number of aryl methyl sites for hydroxylation is 1. The predicted octanol–water partition coefficient (Wildman–Crippen LogP) is 3.08. The zero-order valence-electron chi connectivity index (χ0n) is 13.4. The Bertz CT molecular complexity index is 687. The van der Waals surface area contributed by atoms with E-state index in [4.69, 9.17) is 0 Å². The van der Waals surface area contributed by atoms with Gasteiger partial charge in [-0.3, -0.25) is 4.79 Å². The molecule has 1 saturated heterocycles. The minimum Gasteiger partial charge on any atom is -0.356 e. The first-order valence-electron chi connectivity index (χ1n) is 7.80. The molecule has 0 radical (unpaired) electrons. The van der Waals surface area contributed by atoms with Crippen LogP contribution < -0.4 is 4.90 Å². The summed E-state index contributed by atoms with van der Waals surface area (Å²) in [5.41, 5.74) is 1.01. The van der Waals surface area contributed by atoms with Gasteiger partial charge in [-0.05, 0) is 25.3 Å². The fraction of sp³-hybridized carbons (Fsp3) is 0.562. The topological polar surface area (TPSA) is 49.3 Å². The molecule has 22 heavy (non-hydrogen) atoms.